The molecule has 1 aliphatic rings. The van der Waals surface area contributed by atoms with Crippen LogP contribution in [-0.4, -0.2) is 26.1 Å². The van der Waals surface area contributed by atoms with Gasteiger partial charge in [0, 0.05) is 20.1 Å². The van der Waals surface area contributed by atoms with Crippen molar-refractivity contribution in [3.8, 4) is 0 Å². The number of benzene rings is 1. The number of amides is 1. The molecule has 2 rings (SSSR count). The first-order chi connectivity index (χ1) is 9.28. The fourth-order valence-electron chi connectivity index (χ4n) is 2.42. The normalized spacial score (nSPS) is 18.5. The lowest BCUT2D eigenvalue weighted by Gasteiger charge is -2.10. The molecule has 0 saturated carbocycles. The molecule has 1 amide bonds. The first kappa shape index (κ1) is 14.0. The molecule has 1 aromatic rings. The van der Waals surface area contributed by atoms with Gasteiger partial charge in [0.15, 0.2) is 0 Å². The molecule has 1 heterocycles. The third-order valence-corrected chi connectivity index (χ3v) is 3.43. The minimum Gasteiger partial charge on any atom is -0.380 e. The predicted molar refractivity (Wildman–Crippen MR) is 74.6 cm³/mol. The van der Waals surface area contributed by atoms with Crippen molar-refractivity contribution in [3.63, 3.8) is 0 Å². The number of hydrogen-bond donors (Lipinski definition) is 2. The van der Waals surface area contributed by atoms with Crippen molar-refractivity contribution >= 4 is 5.91 Å². The number of ether oxygens (including phenoxy) is 1. The Morgan fingerprint density at radius 1 is 1.47 bits per heavy atom. The first-order valence-electron chi connectivity index (χ1n) is 6.82. The van der Waals surface area contributed by atoms with E-state index >= 15 is 0 Å². The van der Waals surface area contributed by atoms with Crippen molar-refractivity contribution in [1.82, 2.24) is 10.6 Å². The number of hydrogen-bond acceptors (Lipinski definition) is 3. The number of methoxy groups -OCH3 is 1. The van der Waals surface area contributed by atoms with Crippen LogP contribution >= 0.6 is 0 Å². The largest absolute Gasteiger partial charge is 0.380 e. The van der Waals surface area contributed by atoms with Gasteiger partial charge in [0.2, 0.25) is 5.91 Å². The van der Waals surface area contributed by atoms with Gasteiger partial charge in [-0.15, -0.1) is 0 Å². The Balaban J connectivity index is 1.77. The molecule has 0 radical (unpaired) electrons. The van der Waals surface area contributed by atoms with Gasteiger partial charge in [-0.2, -0.15) is 0 Å². The third kappa shape index (κ3) is 4.65. The zero-order valence-corrected chi connectivity index (χ0v) is 11.4. The van der Waals surface area contributed by atoms with E-state index < -0.39 is 0 Å². The van der Waals surface area contributed by atoms with E-state index in [1.54, 1.807) is 7.11 Å². The summed E-state index contributed by atoms with van der Waals surface area (Å²) in [7, 11) is 1.68. The van der Waals surface area contributed by atoms with Gasteiger partial charge in [0.25, 0.3) is 0 Å². The van der Waals surface area contributed by atoms with E-state index in [9.17, 15) is 4.79 Å². The lowest BCUT2D eigenvalue weighted by Crippen LogP contribution is -2.25. The van der Waals surface area contributed by atoms with E-state index in [0.29, 0.717) is 25.5 Å². The zero-order chi connectivity index (χ0) is 13.5. The minimum atomic E-state index is 0.144. The van der Waals surface area contributed by atoms with E-state index in [4.69, 9.17) is 4.74 Å². The Hall–Kier alpha value is -1.39. The molecule has 1 aliphatic heterocycles. The molecule has 0 aliphatic carbocycles. The summed E-state index contributed by atoms with van der Waals surface area (Å²) in [5.41, 5.74) is 2.25. The summed E-state index contributed by atoms with van der Waals surface area (Å²) in [5.74, 6) is 0.644. The quantitative estimate of drug-likeness (QED) is 0.816. The van der Waals surface area contributed by atoms with Crippen molar-refractivity contribution in [2.24, 2.45) is 5.92 Å². The molecule has 0 spiro atoms. The van der Waals surface area contributed by atoms with Crippen LogP contribution in [0.15, 0.2) is 24.3 Å². The van der Waals surface area contributed by atoms with Crippen molar-refractivity contribution in [1.29, 1.82) is 0 Å². The molecule has 2 N–H and O–H groups in total. The Labute approximate surface area is 114 Å². The van der Waals surface area contributed by atoms with Gasteiger partial charge in [-0.25, -0.2) is 0 Å². The van der Waals surface area contributed by atoms with Crippen LogP contribution in [-0.2, 0) is 22.7 Å². The maximum Gasteiger partial charge on any atom is 0.220 e. The predicted octanol–water partition coefficient (Wildman–Crippen LogP) is 1.45. The lowest BCUT2D eigenvalue weighted by atomic mass is 10.0. The lowest BCUT2D eigenvalue weighted by molar-refractivity contribution is -0.122. The number of rotatable bonds is 6. The standard InChI is InChI=1S/C15H22N2O2/c1-19-11-14-4-2-3-12(7-14)10-17-15(18)8-13-5-6-16-9-13/h2-4,7,13,16H,5-6,8-11H2,1H3,(H,17,18). The van der Waals surface area contributed by atoms with E-state index in [2.05, 4.69) is 16.7 Å². The Morgan fingerprint density at radius 3 is 3.05 bits per heavy atom. The average Bonchev–Trinajstić information content (AvgIpc) is 2.90. The second-order valence-electron chi connectivity index (χ2n) is 5.09. The molecule has 104 valence electrons. The maximum absolute atomic E-state index is 11.8. The summed E-state index contributed by atoms with van der Waals surface area (Å²) in [6, 6.07) is 8.12. The Morgan fingerprint density at radius 2 is 2.32 bits per heavy atom. The number of nitrogens with one attached hydrogen (secondary N) is 2. The van der Waals surface area contributed by atoms with Crippen LogP contribution in [0.3, 0.4) is 0 Å². The monoisotopic (exact) mass is 262 g/mol. The molecule has 1 saturated heterocycles. The second kappa shape index (κ2) is 7.26. The first-order valence-corrected chi connectivity index (χ1v) is 6.82. The highest BCUT2D eigenvalue weighted by Gasteiger charge is 2.17. The summed E-state index contributed by atoms with van der Waals surface area (Å²) in [6.07, 6.45) is 1.74. The smallest absolute Gasteiger partial charge is 0.220 e. The van der Waals surface area contributed by atoms with Gasteiger partial charge < -0.3 is 15.4 Å². The molecular weight excluding hydrogens is 240 g/mol. The molecule has 0 aromatic heterocycles. The Kier molecular flexibility index (Phi) is 5.36. The summed E-state index contributed by atoms with van der Waals surface area (Å²) >= 11 is 0. The molecular formula is C15H22N2O2. The molecule has 1 atom stereocenters. The summed E-state index contributed by atoms with van der Waals surface area (Å²) in [4.78, 5) is 11.8. The fourth-order valence-corrected chi connectivity index (χ4v) is 2.42. The van der Waals surface area contributed by atoms with Gasteiger partial charge in [-0.1, -0.05) is 24.3 Å². The van der Waals surface area contributed by atoms with Crippen molar-refractivity contribution < 1.29 is 9.53 Å². The molecule has 4 nitrogen and oxygen atoms in total. The van der Waals surface area contributed by atoms with Crippen LogP contribution in [0.4, 0.5) is 0 Å². The summed E-state index contributed by atoms with van der Waals surface area (Å²) in [6.45, 7) is 3.21. The Bertz CT molecular complexity index is 414. The second-order valence-corrected chi connectivity index (χ2v) is 5.09. The molecule has 1 unspecified atom stereocenters. The SMILES string of the molecule is COCc1cccc(CNC(=O)CC2CCNC2)c1. The fraction of sp³-hybridized carbons (Fsp3) is 0.533. The van der Waals surface area contributed by atoms with Gasteiger partial charge in [0.1, 0.15) is 0 Å². The van der Waals surface area contributed by atoms with Crippen LogP contribution in [0.5, 0.6) is 0 Å². The zero-order valence-electron chi connectivity index (χ0n) is 11.4. The van der Waals surface area contributed by atoms with E-state index in [1.165, 1.54) is 0 Å². The van der Waals surface area contributed by atoms with Crippen LogP contribution < -0.4 is 10.6 Å². The van der Waals surface area contributed by atoms with Crippen LogP contribution in [0, 0.1) is 5.92 Å². The highest BCUT2D eigenvalue weighted by Crippen LogP contribution is 2.12. The molecule has 0 bridgehead atoms. The van der Waals surface area contributed by atoms with E-state index in [1.807, 2.05) is 18.2 Å². The van der Waals surface area contributed by atoms with Gasteiger partial charge in [-0.3, -0.25) is 4.79 Å². The van der Waals surface area contributed by atoms with Crippen molar-refractivity contribution in [2.45, 2.75) is 26.0 Å². The summed E-state index contributed by atoms with van der Waals surface area (Å²) < 4.78 is 5.10. The molecule has 1 fully saturated rings. The highest BCUT2D eigenvalue weighted by molar-refractivity contribution is 5.76. The maximum atomic E-state index is 11.8. The van der Waals surface area contributed by atoms with Gasteiger partial charge >= 0.3 is 0 Å². The third-order valence-electron chi connectivity index (χ3n) is 3.43. The number of carbonyl (C=O) groups is 1. The molecule has 1 aromatic carbocycles. The number of carbonyl (C=O) groups excluding carboxylic acids is 1. The minimum absolute atomic E-state index is 0.144. The van der Waals surface area contributed by atoms with Gasteiger partial charge in [0.05, 0.1) is 6.61 Å². The van der Waals surface area contributed by atoms with Crippen molar-refractivity contribution in [2.75, 3.05) is 20.2 Å². The molecule has 4 heteroatoms. The topological polar surface area (TPSA) is 50.4 Å². The molecule has 19 heavy (non-hydrogen) atoms. The van der Waals surface area contributed by atoms with E-state index in [0.717, 1.165) is 30.6 Å². The van der Waals surface area contributed by atoms with Crippen LogP contribution in [0.25, 0.3) is 0 Å². The van der Waals surface area contributed by atoms with Crippen molar-refractivity contribution in [3.05, 3.63) is 35.4 Å². The van der Waals surface area contributed by atoms with Crippen LogP contribution in [0.2, 0.25) is 0 Å². The van der Waals surface area contributed by atoms with Crippen LogP contribution in [0.1, 0.15) is 24.0 Å². The van der Waals surface area contributed by atoms with Gasteiger partial charge in [-0.05, 0) is 36.6 Å². The summed E-state index contributed by atoms with van der Waals surface area (Å²) in [5, 5.41) is 6.27. The highest BCUT2D eigenvalue weighted by atomic mass is 16.5. The average molecular weight is 262 g/mol. The van der Waals surface area contributed by atoms with E-state index in [-0.39, 0.29) is 5.91 Å².